The molecule has 0 bridgehead atoms. The van der Waals surface area contributed by atoms with Crippen LogP contribution in [-0.4, -0.2) is 65.2 Å². The zero-order valence-corrected chi connectivity index (χ0v) is 19.7. The van der Waals surface area contributed by atoms with Crippen LogP contribution in [0.5, 0.6) is 5.75 Å². The third-order valence-corrected chi connectivity index (χ3v) is 6.28. The minimum absolute atomic E-state index is 0.0145. The molecule has 0 aromatic heterocycles. The molecule has 2 aromatic carbocycles. The number of ketones is 1. The predicted molar refractivity (Wildman–Crippen MR) is 129 cm³/mol. The lowest BCUT2D eigenvalue weighted by Crippen LogP contribution is -2.46. The predicted octanol–water partition coefficient (Wildman–Crippen LogP) is 3.63. The summed E-state index contributed by atoms with van der Waals surface area (Å²) in [5, 5.41) is 0. The number of ether oxygens (including phenoxy) is 1. The first kappa shape index (κ1) is 24.1. The van der Waals surface area contributed by atoms with Gasteiger partial charge in [-0.1, -0.05) is 24.6 Å². The molecule has 1 fully saturated rings. The largest absolute Gasteiger partial charge is 0.495 e. The molecule has 0 aliphatic carbocycles. The van der Waals surface area contributed by atoms with Crippen molar-refractivity contribution < 1.29 is 17.9 Å². The second-order valence-electron chi connectivity index (χ2n) is 8.19. The zero-order valence-electron chi connectivity index (χ0n) is 18.9. The van der Waals surface area contributed by atoms with E-state index in [9.17, 15) is 13.2 Å². The standard InChI is InChI=1S/C24H33N3O4S/c1-31-24-13-12-20(19-22(24)25-32(2,29)30)23(28)11-7-4-8-14-26-15-17-27(18-16-26)21-9-5-3-6-10-21/h3,5-6,9-10,12-13,19,25H,4,7-8,11,14-18H2,1-2H3. The summed E-state index contributed by atoms with van der Waals surface area (Å²) >= 11 is 0. The van der Waals surface area contributed by atoms with Gasteiger partial charge < -0.3 is 9.64 Å². The summed E-state index contributed by atoms with van der Waals surface area (Å²) in [6, 6.07) is 15.4. The third kappa shape index (κ3) is 7.24. The van der Waals surface area contributed by atoms with E-state index in [1.807, 2.05) is 6.07 Å². The number of unbranched alkanes of at least 4 members (excludes halogenated alkanes) is 2. The van der Waals surface area contributed by atoms with Crippen LogP contribution in [0.25, 0.3) is 0 Å². The van der Waals surface area contributed by atoms with Gasteiger partial charge in [0.25, 0.3) is 0 Å². The number of nitrogens with zero attached hydrogens (tertiary/aromatic N) is 2. The Bertz CT molecular complexity index is 988. The molecule has 8 heteroatoms. The van der Waals surface area contributed by atoms with Gasteiger partial charge in [-0.15, -0.1) is 0 Å². The number of carbonyl (C=O) groups excluding carboxylic acids is 1. The van der Waals surface area contributed by atoms with Crippen LogP contribution in [0.3, 0.4) is 0 Å². The molecule has 2 aromatic rings. The van der Waals surface area contributed by atoms with E-state index in [0.717, 1.165) is 58.2 Å². The summed E-state index contributed by atoms with van der Waals surface area (Å²) in [6.07, 6.45) is 4.41. The van der Waals surface area contributed by atoms with Gasteiger partial charge in [0.15, 0.2) is 5.78 Å². The van der Waals surface area contributed by atoms with Crippen LogP contribution in [0, 0.1) is 0 Å². The van der Waals surface area contributed by atoms with Crippen molar-refractivity contribution in [3.05, 3.63) is 54.1 Å². The Labute approximate surface area is 191 Å². The fourth-order valence-corrected chi connectivity index (χ4v) is 4.53. The molecule has 7 nitrogen and oxygen atoms in total. The Hall–Kier alpha value is -2.58. The number of hydrogen-bond donors (Lipinski definition) is 1. The summed E-state index contributed by atoms with van der Waals surface area (Å²) < 4.78 is 30.7. The highest BCUT2D eigenvalue weighted by Crippen LogP contribution is 2.27. The van der Waals surface area contributed by atoms with E-state index in [2.05, 4.69) is 38.8 Å². The Kier molecular flexibility index (Phi) is 8.53. The lowest BCUT2D eigenvalue weighted by Gasteiger charge is -2.36. The minimum atomic E-state index is -3.46. The molecular weight excluding hydrogens is 426 g/mol. The first-order valence-corrected chi connectivity index (χ1v) is 13.0. The fraction of sp³-hybridized carbons (Fsp3) is 0.458. The van der Waals surface area contributed by atoms with Crippen LogP contribution in [0.1, 0.15) is 36.0 Å². The number of benzene rings is 2. The van der Waals surface area contributed by atoms with E-state index >= 15 is 0 Å². The van der Waals surface area contributed by atoms with Gasteiger partial charge in [0.05, 0.1) is 19.1 Å². The molecule has 0 radical (unpaired) electrons. The van der Waals surface area contributed by atoms with Crippen LogP contribution in [0.2, 0.25) is 0 Å². The molecule has 0 saturated carbocycles. The van der Waals surface area contributed by atoms with Gasteiger partial charge in [-0.3, -0.25) is 14.4 Å². The molecule has 0 amide bonds. The highest BCUT2D eigenvalue weighted by atomic mass is 32.2. The second kappa shape index (κ2) is 11.3. The van der Waals surface area contributed by atoms with E-state index in [1.54, 1.807) is 18.2 Å². The number of rotatable bonds is 11. The number of nitrogens with one attached hydrogen (secondary N) is 1. The van der Waals surface area contributed by atoms with Crippen LogP contribution in [0.4, 0.5) is 11.4 Å². The molecule has 3 rings (SSSR count). The Morgan fingerprint density at radius 1 is 1.00 bits per heavy atom. The molecule has 0 unspecified atom stereocenters. The molecular formula is C24H33N3O4S. The van der Waals surface area contributed by atoms with E-state index < -0.39 is 10.0 Å². The summed E-state index contributed by atoms with van der Waals surface area (Å²) in [5.74, 6) is 0.403. The summed E-state index contributed by atoms with van der Waals surface area (Å²) in [4.78, 5) is 17.5. The van der Waals surface area contributed by atoms with E-state index in [4.69, 9.17) is 4.74 Å². The molecule has 32 heavy (non-hydrogen) atoms. The van der Waals surface area contributed by atoms with E-state index in [-0.39, 0.29) is 11.5 Å². The first-order chi connectivity index (χ1) is 15.4. The smallest absolute Gasteiger partial charge is 0.229 e. The van der Waals surface area contributed by atoms with Gasteiger partial charge in [0, 0.05) is 43.9 Å². The molecule has 0 atom stereocenters. The number of para-hydroxylation sites is 1. The minimum Gasteiger partial charge on any atom is -0.495 e. The molecule has 1 N–H and O–H groups in total. The van der Waals surface area contributed by atoms with Crippen molar-refractivity contribution in [3.8, 4) is 5.75 Å². The zero-order chi connectivity index (χ0) is 23.0. The number of anilines is 2. The SMILES string of the molecule is COc1ccc(C(=O)CCCCCN2CCN(c3ccccc3)CC2)cc1NS(C)(=O)=O. The third-order valence-electron chi connectivity index (χ3n) is 5.69. The van der Waals surface area contributed by atoms with Gasteiger partial charge in [-0.05, 0) is 49.7 Å². The number of sulfonamides is 1. The normalized spacial score (nSPS) is 14.9. The number of piperazine rings is 1. The van der Waals surface area contributed by atoms with Crippen molar-refractivity contribution in [2.24, 2.45) is 0 Å². The van der Waals surface area contributed by atoms with Crippen LogP contribution in [-0.2, 0) is 10.0 Å². The van der Waals surface area contributed by atoms with Crippen LogP contribution < -0.4 is 14.4 Å². The Morgan fingerprint density at radius 3 is 2.38 bits per heavy atom. The lowest BCUT2D eigenvalue weighted by atomic mass is 10.0. The maximum Gasteiger partial charge on any atom is 0.229 e. The van der Waals surface area contributed by atoms with Crippen LogP contribution in [0.15, 0.2) is 48.5 Å². The summed E-state index contributed by atoms with van der Waals surface area (Å²) in [6.45, 7) is 5.28. The van der Waals surface area contributed by atoms with Crippen molar-refractivity contribution in [2.45, 2.75) is 25.7 Å². The highest BCUT2D eigenvalue weighted by Gasteiger charge is 2.17. The number of carbonyl (C=O) groups is 1. The molecule has 1 heterocycles. The van der Waals surface area contributed by atoms with Gasteiger partial charge in [-0.25, -0.2) is 8.42 Å². The fourth-order valence-electron chi connectivity index (χ4n) is 3.97. The number of Topliss-reactive ketones (excluding diaryl/α,β-unsaturated/α-hetero) is 1. The average molecular weight is 460 g/mol. The van der Waals surface area contributed by atoms with Crippen LogP contribution >= 0.6 is 0 Å². The molecule has 0 spiro atoms. The summed E-state index contributed by atoms with van der Waals surface area (Å²) in [7, 11) is -1.99. The maximum absolute atomic E-state index is 12.6. The second-order valence-corrected chi connectivity index (χ2v) is 9.94. The van der Waals surface area contributed by atoms with Crippen molar-refractivity contribution in [3.63, 3.8) is 0 Å². The average Bonchev–Trinajstić information content (AvgIpc) is 2.78. The van der Waals surface area contributed by atoms with Crippen molar-refractivity contribution >= 4 is 27.2 Å². The van der Waals surface area contributed by atoms with E-state index in [0.29, 0.717) is 17.7 Å². The van der Waals surface area contributed by atoms with Crippen molar-refractivity contribution in [1.29, 1.82) is 0 Å². The van der Waals surface area contributed by atoms with Crippen molar-refractivity contribution in [1.82, 2.24) is 4.90 Å². The van der Waals surface area contributed by atoms with Gasteiger partial charge >= 0.3 is 0 Å². The van der Waals surface area contributed by atoms with Gasteiger partial charge in [0.2, 0.25) is 10.0 Å². The van der Waals surface area contributed by atoms with Crippen molar-refractivity contribution in [2.75, 3.05) is 55.7 Å². The lowest BCUT2D eigenvalue weighted by molar-refractivity contribution is 0.0978. The summed E-state index contributed by atoms with van der Waals surface area (Å²) in [5.41, 5.74) is 2.07. The first-order valence-electron chi connectivity index (χ1n) is 11.1. The van der Waals surface area contributed by atoms with E-state index in [1.165, 1.54) is 12.8 Å². The topological polar surface area (TPSA) is 79.0 Å². The Balaban J connectivity index is 1.38. The molecule has 1 saturated heterocycles. The highest BCUT2D eigenvalue weighted by molar-refractivity contribution is 7.92. The monoisotopic (exact) mass is 459 g/mol. The van der Waals surface area contributed by atoms with Gasteiger partial charge in [-0.2, -0.15) is 0 Å². The number of hydrogen-bond acceptors (Lipinski definition) is 6. The maximum atomic E-state index is 12.6. The van der Waals surface area contributed by atoms with Gasteiger partial charge in [0.1, 0.15) is 5.75 Å². The molecule has 174 valence electrons. The molecule has 1 aliphatic heterocycles. The quantitative estimate of drug-likeness (QED) is 0.408. The molecule has 1 aliphatic rings. The Morgan fingerprint density at radius 2 is 1.72 bits per heavy atom. The number of methoxy groups -OCH3 is 1.